The van der Waals surface area contributed by atoms with Crippen molar-refractivity contribution in [2.45, 2.75) is 48.4 Å². The number of hydrogen-bond acceptors (Lipinski definition) is 3. The van der Waals surface area contributed by atoms with Gasteiger partial charge in [0.1, 0.15) is 0 Å². The van der Waals surface area contributed by atoms with E-state index in [1.54, 1.807) is 0 Å². The van der Waals surface area contributed by atoms with E-state index in [1.165, 1.54) is 9.47 Å². The second-order valence-electron chi connectivity index (χ2n) is 4.80. The minimum Gasteiger partial charge on any atom is -0.477 e. The summed E-state index contributed by atoms with van der Waals surface area (Å²) in [5.41, 5.74) is 0. The van der Waals surface area contributed by atoms with Gasteiger partial charge in [-0.1, -0.05) is 0 Å². The van der Waals surface area contributed by atoms with Crippen molar-refractivity contribution < 1.29 is 94.0 Å². The predicted octanol–water partition coefficient (Wildman–Crippen LogP) is 4.94. The topological polar surface area (TPSA) is 55.8 Å². The zero-order chi connectivity index (χ0) is 25.0. The van der Waals surface area contributed by atoms with Crippen LogP contribution in [0.3, 0.4) is 0 Å². The van der Waals surface area contributed by atoms with Gasteiger partial charge in [-0.25, -0.2) is 4.79 Å². The summed E-state index contributed by atoms with van der Waals surface area (Å²) in [5.74, 6) is -27.3. The normalized spacial score (nSPS) is 19.2. The van der Waals surface area contributed by atoms with Crippen molar-refractivity contribution in [1.29, 1.82) is 0 Å². The average molecular weight is 496 g/mol. The Labute approximate surface area is 150 Å². The molecule has 0 radical (unpaired) electrons. The van der Waals surface area contributed by atoms with Gasteiger partial charge >= 0.3 is 54.3 Å². The van der Waals surface area contributed by atoms with Gasteiger partial charge < -0.3 is 5.11 Å². The summed E-state index contributed by atoms with van der Waals surface area (Å²) in [6.45, 7) is 0. The van der Waals surface area contributed by atoms with Crippen LogP contribution in [0, 0.1) is 0 Å². The molecule has 0 aliphatic heterocycles. The smallest absolute Gasteiger partial charge is 0.462 e. The lowest BCUT2D eigenvalue weighted by Crippen LogP contribution is -2.68. The Morgan fingerprint density at radius 2 is 0.900 bits per heavy atom. The molecule has 0 aromatic heterocycles. The number of carbonyl (C=O) groups is 1. The van der Waals surface area contributed by atoms with Gasteiger partial charge in [0.25, 0.3) is 0 Å². The maximum absolute atomic E-state index is 13.5. The van der Waals surface area contributed by atoms with Gasteiger partial charge in [-0.2, -0.15) is 74.6 Å². The number of alkyl halides is 17. The van der Waals surface area contributed by atoms with E-state index in [9.17, 15) is 79.4 Å². The molecule has 0 bridgehead atoms. The molecule has 0 rings (SSSR count). The molecule has 180 valence electrons. The van der Waals surface area contributed by atoms with Crippen LogP contribution < -0.4 is 0 Å². The highest BCUT2D eigenvalue weighted by molar-refractivity contribution is 5.76. The standard InChI is InChI=1S/C9HF17O4/c10-2(1(27)28,5(14,15)16)29-9(25,26)4(13,7(20,21)22)30-8(23,24)3(11,12)6(17,18)19/h(H,27,28)/t2-,4+/m0/s1. The summed E-state index contributed by atoms with van der Waals surface area (Å²) in [7, 11) is 0. The molecular weight excluding hydrogens is 495 g/mol. The van der Waals surface area contributed by atoms with Gasteiger partial charge in [-0.15, -0.1) is 0 Å². The zero-order valence-corrected chi connectivity index (χ0v) is 12.6. The largest absolute Gasteiger partial charge is 0.477 e. The Hall–Kier alpha value is -1.80. The van der Waals surface area contributed by atoms with Gasteiger partial charge in [-0.05, 0) is 0 Å². The van der Waals surface area contributed by atoms with Gasteiger partial charge in [0, 0.05) is 0 Å². The van der Waals surface area contributed by atoms with Crippen molar-refractivity contribution in [3.8, 4) is 0 Å². The highest BCUT2D eigenvalue weighted by atomic mass is 19.4. The molecule has 0 unspecified atom stereocenters. The first-order chi connectivity index (χ1) is 12.6. The fourth-order valence-electron chi connectivity index (χ4n) is 1.15. The van der Waals surface area contributed by atoms with Crippen molar-refractivity contribution in [1.82, 2.24) is 0 Å². The third-order valence-corrected chi connectivity index (χ3v) is 2.64. The summed E-state index contributed by atoms with van der Waals surface area (Å²) < 4.78 is 216. The molecule has 0 heterocycles. The fourth-order valence-corrected chi connectivity index (χ4v) is 1.15. The molecule has 0 aromatic rings. The van der Waals surface area contributed by atoms with E-state index < -0.39 is 54.3 Å². The first-order valence-corrected chi connectivity index (χ1v) is 5.96. The molecule has 2 atom stereocenters. The lowest BCUT2D eigenvalue weighted by molar-refractivity contribution is -0.548. The number of aliphatic carboxylic acids is 1. The van der Waals surface area contributed by atoms with E-state index in [0.29, 0.717) is 0 Å². The maximum Gasteiger partial charge on any atom is 0.462 e. The summed E-state index contributed by atoms with van der Waals surface area (Å²) in [5, 5.41) is 7.85. The third kappa shape index (κ3) is 4.44. The zero-order valence-electron chi connectivity index (χ0n) is 12.6. The Balaban J connectivity index is 6.63. The van der Waals surface area contributed by atoms with Crippen LogP contribution in [0.2, 0.25) is 0 Å². The third-order valence-electron chi connectivity index (χ3n) is 2.64. The first kappa shape index (κ1) is 28.2. The van der Waals surface area contributed by atoms with Gasteiger partial charge in [0.15, 0.2) is 0 Å². The van der Waals surface area contributed by atoms with Crippen molar-refractivity contribution in [3.63, 3.8) is 0 Å². The fraction of sp³-hybridized carbons (Fsp3) is 0.889. The summed E-state index contributed by atoms with van der Waals surface area (Å²) in [6, 6.07) is 0. The number of rotatable bonds is 7. The van der Waals surface area contributed by atoms with Crippen LogP contribution in [0.5, 0.6) is 0 Å². The molecule has 0 amide bonds. The lowest BCUT2D eigenvalue weighted by atomic mass is 10.2. The van der Waals surface area contributed by atoms with E-state index >= 15 is 0 Å². The van der Waals surface area contributed by atoms with E-state index in [-0.39, 0.29) is 0 Å². The summed E-state index contributed by atoms with van der Waals surface area (Å²) in [4.78, 5) is 10.1. The highest BCUT2D eigenvalue weighted by Gasteiger charge is 2.85. The molecule has 0 saturated carbocycles. The van der Waals surface area contributed by atoms with Crippen LogP contribution in [-0.2, 0) is 14.3 Å². The highest BCUT2D eigenvalue weighted by Crippen LogP contribution is 2.56. The average Bonchev–Trinajstić information content (AvgIpc) is 2.41. The molecule has 0 aliphatic rings. The summed E-state index contributed by atoms with van der Waals surface area (Å²) >= 11 is 0. The van der Waals surface area contributed by atoms with Crippen molar-refractivity contribution in [2.75, 3.05) is 0 Å². The molecule has 30 heavy (non-hydrogen) atoms. The Morgan fingerprint density at radius 1 is 0.533 bits per heavy atom. The van der Waals surface area contributed by atoms with Crippen molar-refractivity contribution in [2.24, 2.45) is 0 Å². The van der Waals surface area contributed by atoms with Gasteiger partial charge in [-0.3, -0.25) is 9.47 Å². The number of ether oxygens (including phenoxy) is 2. The van der Waals surface area contributed by atoms with E-state index in [0.717, 1.165) is 0 Å². The van der Waals surface area contributed by atoms with Gasteiger partial charge in [0.2, 0.25) is 0 Å². The molecule has 0 fully saturated rings. The molecular formula is C9HF17O4. The first-order valence-electron chi connectivity index (χ1n) is 5.96. The molecule has 4 nitrogen and oxygen atoms in total. The Bertz CT molecular complexity index is 647. The van der Waals surface area contributed by atoms with Crippen molar-refractivity contribution >= 4 is 5.97 Å². The number of halogens is 17. The second kappa shape index (κ2) is 7.12. The lowest BCUT2D eigenvalue weighted by Gasteiger charge is -2.39. The Kier molecular flexibility index (Phi) is 6.70. The van der Waals surface area contributed by atoms with E-state index in [1.807, 2.05) is 0 Å². The molecule has 0 saturated heterocycles. The molecule has 0 aliphatic carbocycles. The second-order valence-corrected chi connectivity index (χ2v) is 4.80. The van der Waals surface area contributed by atoms with Crippen molar-refractivity contribution in [3.05, 3.63) is 0 Å². The number of carboxylic acid groups (broad SMARTS) is 1. The maximum atomic E-state index is 13.5. The van der Waals surface area contributed by atoms with Crippen LogP contribution in [0.15, 0.2) is 0 Å². The van der Waals surface area contributed by atoms with Crippen LogP contribution in [0.25, 0.3) is 0 Å². The SMILES string of the molecule is O=C(O)[C@](F)(OC(F)(F)[C@](F)(OC(F)(F)C(F)(F)C(F)(F)F)C(F)(F)F)C(F)(F)F. The minimum absolute atomic E-state index is 1.19. The molecule has 0 aromatic carbocycles. The predicted molar refractivity (Wildman–Crippen MR) is 50.5 cm³/mol. The Morgan fingerprint density at radius 3 is 1.13 bits per heavy atom. The molecule has 0 spiro atoms. The van der Waals surface area contributed by atoms with E-state index in [2.05, 4.69) is 0 Å². The van der Waals surface area contributed by atoms with E-state index in [4.69, 9.17) is 5.11 Å². The number of hydrogen-bond donors (Lipinski definition) is 1. The quantitative estimate of drug-likeness (QED) is 0.508. The van der Waals surface area contributed by atoms with Crippen LogP contribution in [0.1, 0.15) is 0 Å². The van der Waals surface area contributed by atoms with Crippen LogP contribution in [0.4, 0.5) is 74.6 Å². The monoisotopic (exact) mass is 496 g/mol. The van der Waals surface area contributed by atoms with Gasteiger partial charge in [0.05, 0.1) is 0 Å². The molecule has 21 heteroatoms. The molecule has 1 N–H and O–H groups in total. The summed E-state index contributed by atoms with van der Waals surface area (Å²) in [6.07, 6.45) is -38.8. The van der Waals surface area contributed by atoms with Crippen LogP contribution >= 0.6 is 0 Å². The number of carboxylic acids is 1. The minimum atomic E-state index is -8.09. The van der Waals surface area contributed by atoms with Crippen LogP contribution in [-0.4, -0.2) is 59.5 Å².